The molecule has 1 aromatic carbocycles. The van der Waals surface area contributed by atoms with Crippen LogP contribution in [0.5, 0.6) is 0 Å². The number of anilines is 1. The lowest BCUT2D eigenvalue weighted by Gasteiger charge is -2.04. The van der Waals surface area contributed by atoms with Crippen LogP contribution in [0.3, 0.4) is 0 Å². The molecular weight excluding hydrogens is 258 g/mol. The number of fused-ring (bicyclic) bond motifs is 1. The average Bonchev–Trinajstić information content (AvgIpc) is 3.03. The Morgan fingerprint density at radius 2 is 2.00 bits per heavy atom. The van der Waals surface area contributed by atoms with E-state index in [0.717, 1.165) is 12.1 Å². The average molecular weight is 276 g/mol. The molecule has 0 saturated heterocycles. The van der Waals surface area contributed by atoms with E-state index in [9.17, 15) is 4.79 Å². The maximum Gasteiger partial charge on any atom is 0.228 e. The fraction of sp³-hybridized carbons (Fsp3) is 0.438. The van der Waals surface area contributed by atoms with Crippen molar-refractivity contribution in [3.8, 4) is 0 Å². The summed E-state index contributed by atoms with van der Waals surface area (Å²) in [5, 5.41) is 3.69. The summed E-state index contributed by atoms with van der Waals surface area (Å²) in [5.41, 5.74) is 0.831. The Balaban J connectivity index is 1.64. The Kier molecular flexibility index (Phi) is 3.61. The molecule has 3 rings (SSSR count). The number of halogens is 1. The Morgan fingerprint density at radius 1 is 1.21 bits per heavy atom. The van der Waals surface area contributed by atoms with Gasteiger partial charge in [-0.2, -0.15) is 0 Å². The van der Waals surface area contributed by atoms with Gasteiger partial charge in [0, 0.05) is 16.6 Å². The summed E-state index contributed by atoms with van der Waals surface area (Å²) in [4.78, 5) is 12.3. The van der Waals surface area contributed by atoms with Crippen molar-refractivity contribution in [3.05, 3.63) is 41.4 Å². The van der Waals surface area contributed by atoms with Gasteiger partial charge >= 0.3 is 0 Å². The molecule has 2 nitrogen and oxygen atoms in total. The minimum atomic E-state index is 0.156. The minimum Gasteiger partial charge on any atom is -0.326 e. The molecule has 0 aliphatic heterocycles. The van der Waals surface area contributed by atoms with Crippen molar-refractivity contribution in [1.82, 2.24) is 0 Å². The number of hydrogen-bond acceptors (Lipinski definition) is 1. The normalized spacial score (nSPS) is 30.7. The van der Waals surface area contributed by atoms with Crippen molar-refractivity contribution in [2.45, 2.75) is 25.7 Å². The van der Waals surface area contributed by atoms with Crippen LogP contribution >= 0.6 is 11.6 Å². The van der Waals surface area contributed by atoms with Crippen LogP contribution in [0.25, 0.3) is 0 Å². The Hall–Kier alpha value is -1.28. The summed E-state index contributed by atoms with van der Waals surface area (Å²) in [6.45, 7) is 0. The zero-order valence-electron chi connectivity index (χ0n) is 10.8. The largest absolute Gasteiger partial charge is 0.326 e. The van der Waals surface area contributed by atoms with Crippen molar-refractivity contribution in [1.29, 1.82) is 0 Å². The third-order valence-corrected chi connectivity index (χ3v) is 4.41. The van der Waals surface area contributed by atoms with E-state index in [2.05, 4.69) is 17.5 Å². The van der Waals surface area contributed by atoms with Gasteiger partial charge in [-0.3, -0.25) is 4.79 Å². The van der Waals surface area contributed by atoms with Crippen LogP contribution in [0.2, 0.25) is 5.02 Å². The fourth-order valence-corrected chi connectivity index (χ4v) is 3.18. The predicted octanol–water partition coefficient (Wildman–Crippen LogP) is 4.27. The first kappa shape index (κ1) is 12.7. The molecule has 100 valence electrons. The maximum absolute atomic E-state index is 12.3. The highest BCUT2D eigenvalue weighted by atomic mass is 35.5. The molecule has 3 heteroatoms. The molecule has 2 aliphatic carbocycles. The van der Waals surface area contributed by atoms with E-state index >= 15 is 0 Å². The van der Waals surface area contributed by atoms with Crippen LogP contribution in [-0.2, 0) is 4.79 Å². The van der Waals surface area contributed by atoms with Gasteiger partial charge in [-0.15, -0.1) is 0 Å². The monoisotopic (exact) mass is 275 g/mol. The smallest absolute Gasteiger partial charge is 0.228 e. The highest BCUT2D eigenvalue weighted by molar-refractivity contribution is 6.30. The number of rotatable bonds is 2. The lowest BCUT2D eigenvalue weighted by Crippen LogP contribution is -2.15. The van der Waals surface area contributed by atoms with E-state index in [1.165, 1.54) is 19.3 Å². The number of hydrogen-bond donors (Lipinski definition) is 1. The van der Waals surface area contributed by atoms with Crippen molar-refractivity contribution in [2.24, 2.45) is 17.8 Å². The van der Waals surface area contributed by atoms with Crippen LogP contribution in [0.4, 0.5) is 5.69 Å². The van der Waals surface area contributed by atoms with Crippen LogP contribution in [0, 0.1) is 17.8 Å². The lowest BCUT2D eigenvalue weighted by molar-refractivity contribution is -0.117. The van der Waals surface area contributed by atoms with Crippen LogP contribution in [-0.4, -0.2) is 5.91 Å². The van der Waals surface area contributed by atoms with E-state index in [1.807, 2.05) is 12.1 Å². The van der Waals surface area contributed by atoms with Crippen molar-refractivity contribution >= 4 is 23.2 Å². The van der Waals surface area contributed by atoms with Gasteiger partial charge in [-0.1, -0.05) is 30.2 Å². The zero-order valence-corrected chi connectivity index (χ0v) is 11.6. The predicted molar refractivity (Wildman–Crippen MR) is 78.2 cm³/mol. The second-order valence-corrected chi connectivity index (χ2v) is 5.91. The van der Waals surface area contributed by atoms with Crippen molar-refractivity contribution in [2.75, 3.05) is 5.32 Å². The molecule has 2 aliphatic rings. The molecule has 1 fully saturated rings. The third kappa shape index (κ3) is 2.84. The number of carbonyl (C=O) groups is 1. The molecule has 0 bridgehead atoms. The molecule has 1 N–H and O–H groups in total. The molecule has 1 saturated carbocycles. The molecule has 0 radical (unpaired) electrons. The van der Waals surface area contributed by atoms with Crippen molar-refractivity contribution in [3.63, 3.8) is 0 Å². The molecule has 0 heterocycles. The summed E-state index contributed by atoms with van der Waals surface area (Å²) in [5.74, 6) is 1.35. The van der Waals surface area contributed by atoms with E-state index in [1.54, 1.807) is 12.1 Å². The number of carbonyl (C=O) groups excluding carboxylic acids is 1. The summed E-state index contributed by atoms with van der Waals surface area (Å²) in [7, 11) is 0. The Labute approximate surface area is 118 Å². The van der Waals surface area contributed by atoms with Crippen LogP contribution < -0.4 is 5.32 Å². The summed E-state index contributed by atoms with van der Waals surface area (Å²) >= 11 is 5.84. The summed E-state index contributed by atoms with van der Waals surface area (Å²) in [6, 6.07) is 7.29. The molecule has 3 atom stereocenters. The van der Waals surface area contributed by atoms with Crippen LogP contribution in [0.15, 0.2) is 36.4 Å². The number of nitrogens with one attached hydrogen (secondary N) is 1. The second kappa shape index (κ2) is 5.38. The number of benzene rings is 1. The first-order chi connectivity index (χ1) is 9.25. The van der Waals surface area contributed by atoms with Crippen LogP contribution in [0.1, 0.15) is 25.7 Å². The highest BCUT2D eigenvalue weighted by Gasteiger charge is 2.52. The quantitative estimate of drug-likeness (QED) is 0.803. The zero-order chi connectivity index (χ0) is 13.2. The third-order valence-electron chi connectivity index (χ3n) is 4.16. The summed E-state index contributed by atoms with van der Waals surface area (Å²) < 4.78 is 0. The molecule has 0 aromatic heterocycles. The van der Waals surface area contributed by atoms with Gasteiger partial charge in [0.05, 0.1) is 0 Å². The van der Waals surface area contributed by atoms with Crippen molar-refractivity contribution < 1.29 is 4.79 Å². The lowest BCUT2D eigenvalue weighted by atomic mass is 10.1. The van der Waals surface area contributed by atoms with E-state index in [-0.39, 0.29) is 11.8 Å². The van der Waals surface area contributed by atoms with Gasteiger partial charge in [-0.25, -0.2) is 0 Å². The van der Waals surface area contributed by atoms with E-state index in [4.69, 9.17) is 11.6 Å². The number of allylic oxidation sites excluding steroid dienone is 2. The SMILES string of the molecule is O=C(Nc1ccc(Cl)cc1)[C@H]1[C@H]2/C=C\CCCC[C@H]21. The van der Waals surface area contributed by atoms with Gasteiger partial charge in [0.25, 0.3) is 0 Å². The Bertz CT molecular complexity index is 494. The molecule has 1 aromatic rings. The first-order valence-corrected chi connectivity index (χ1v) is 7.36. The molecule has 0 spiro atoms. The van der Waals surface area contributed by atoms with Gasteiger partial charge in [0.1, 0.15) is 0 Å². The first-order valence-electron chi connectivity index (χ1n) is 6.99. The summed E-state index contributed by atoms with van der Waals surface area (Å²) in [6.07, 6.45) is 9.34. The molecule has 0 unspecified atom stereocenters. The van der Waals surface area contributed by atoms with E-state index in [0.29, 0.717) is 16.9 Å². The maximum atomic E-state index is 12.3. The Morgan fingerprint density at radius 3 is 2.79 bits per heavy atom. The van der Waals surface area contributed by atoms with Gasteiger partial charge < -0.3 is 5.32 Å². The van der Waals surface area contributed by atoms with Gasteiger partial charge in [0.2, 0.25) is 5.91 Å². The highest BCUT2D eigenvalue weighted by Crippen LogP contribution is 2.51. The second-order valence-electron chi connectivity index (χ2n) is 5.48. The molecule has 19 heavy (non-hydrogen) atoms. The molecular formula is C16H18ClNO. The molecule has 1 amide bonds. The topological polar surface area (TPSA) is 29.1 Å². The number of amides is 1. The standard InChI is InChI=1S/C16H18ClNO/c17-11-7-9-12(10-8-11)18-16(19)15-13-5-3-1-2-4-6-14(13)15/h3,5,7-10,13-15H,1-2,4,6H2,(H,18,19)/b5-3-/t13-,14+,15-/m0/s1. The van der Waals surface area contributed by atoms with Gasteiger partial charge in [-0.05, 0) is 55.4 Å². The van der Waals surface area contributed by atoms with E-state index < -0.39 is 0 Å². The minimum absolute atomic E-state index is 0.156. The fourth-order valence-electron chi connectivity index (χ4n) is 3.06. The van der Waals surface area contributed by atoms with Gasteiger partial charge in [0.15, 0.2) is 0 Å².